The highest BCUT2D eigenvalue weighted by atomic mass is 35.5. The highest BCUT2D eigenvalue weighted by molar-refractivity contribution is 6.30. The molecule has 4 aromatic rings. The summed E-state index contributed by atoms with van der Waals surface area (Å²) in [5.41, 5.74) is 8.91. The second kappa shape index (κ2) is 8.68. The molecule has 2 aromatic carbocycles. The van der Waals surface area contributed by atoms with E-state index >= 15 is 0 Å². The summed E-state index contributed by atoms with van der Waals surface area (Å²) in [7, 11) is 0. The van der Waals surface area contributed by atoms with Gasteiger partial charge in [0, 0.05) is 16.9 Å². The maximum atomic E-state index is 13.0. The third kappa shape index (κ3) is 4.26. The van der Waals surface area contributed by atoms with Crippen LogP contribution in [0.15, 0.2) is 67.0 Å². The summed E-state index contributed by atoms with van der Waals surface area (Å²) < 4.78 is 3.30. The molecule has 8 nitrogen and oxygen atoms in total. The van der Waals surface area contributed by atoms with Crippen LogP contribution < -0.4 is 11.1 Å². The van der Waals surface area contributed by atoms with Crippen molar-refractivity contribution in [2.45, 2.75) is 19.8 Å². The van der Waals surface area contributed by atoms with Crippen molar-refractivity contribution in [3.8, 4) is 11.4 Å². The van der Waals surface area contributed by atoms with E-state index in [1.807, 2.05) is 26.0 Å². The first-order valence-corrected chi connectivity index (χ1v) is 10.3. The van der Waals surface area contributed by atoms with Gasteiger partial charge in [0.15, 0.2) is 0 Å². The molecule has 0 spiro atoms. The van der Waals surface area contributed by atoms with Crippen LogP contribution in [0.5, 0.6) is 0 Å². The molecule has 3 N–H and O–H groups in total. The number of carbonyl (C=O) groups is 2. The number of amides is 2. The van der Waals surface area contributed by atoms with Crippen LogP contribution >= 0.6 is 11.6 Å². The number of carbonyl (C=O) groups excluding carboxylic acids is 2. The first-order chi connectivity index (χ1) is 15.3. The lowest BCUT2D eigenvalue weighted by Crippen LogP contribution is -2.15. The van der Waals surface area contributed by atoms with Gasteiger partial charge in [-0.2, -0.15) is 10.2 Å². The highest BCUT2D eigenvalue weighted by Gasteiger charge is 2.21. The van der Waals surface area contributed by atoms with Crippen LogP contribution in [0, 0.1) is 0 Å². The molecule has 2 aromatic heterocycles. The first-order valence-electron chi connectivity index (χ1n) is 9.94. The van der Waals surface area contributed by atoms with Gasteiger partial charge in [0.25, 0.3) is 11.8 Å². The van der Waals surface area contributed by atoms with E-state index in [0.29, 0.717) is 16.3 Å². The minimum Gasteiger partial charge on any atom is -0.364 e. The molecule has 0 aliphatic heterocycles. The summed E-state index contributed by atoms with van der Waals surface area (Å²) in [5, 5.41) is 12.1. The van der Waals surface area contributed by atoms with Crippen molar-refractivity contribution in [3.63, 3.8) is 0 Å². The molecule has 0 fully saturated rings. The molecule has 9 heteroatoms. The Balaban J connectivity index is 1.56. The van der Waals surface area contributed by atoms with Gasteiger partial charge >= 0.3 is 0 Å². The van der Waals surface area contributed by atoms with Gasteiger partial charge in [-0.05, 0) is 60.5 Å². The maximum absolute atomic E-state index is 13.0. The van der Waals surface area contributed by atoms with Crippen LogP contribution in [0.25, 0.3) is 11.4 Å². The lowest BCUT2D eigenvalue weighted by Gasteiger charge is -2.13. The number of halogens is 1. The third-order valence-corrected chi connectivity index (χ3v) is 5.15. The van der Waals surface area contributed by atoms with Gasteiger partial charge in [-0.25, -0.2) is 9.36 Å². The average Bonchev–Trinajstić information content (AvgIpc) is 3.43. The zero-order valence-corrected chi connectivity index (χ0v) is 18.2. The van der Waals surface area contributed by atoms with E-state index in [4.69, 9.17) is 17.3 Å². The zero-order valence-electron chi connectivity index (χ0n) is 17.5. The SMILES string of the molecule is CC(C)c1c(C(=O)Nc2ccc(-n3ccc(C(N)=O)n3)cc2)cnn1-c1ccc(Cl)cc1. The summed E-state index contributed by atoms with van der Waals surface area (Å²) >= 11 is 5.99. The van der Waals surface area contributed by atoms with Crippen molar-refractivity contribution >= 4 is 29.1 Å². The molecule has 4 rings (SSSR count). The number of nitrogens with one attached hydrogen (secondary N) is 1. The van der Waals surface area contributed by atoms with Crippen molar-refractivity contribution in [2.75, 3.05) is 5.32 Å². The topological polar surface area (TPSA) is 108 Å². The van der Waals surface area contributed by atoms with E-state index in [2.05, 4.69) is 15.5 Å². The normalized spacial score (nSPS) is 11.0. The number of primary amides is 1. The van der Waals surface area contributed by atoms with Crippen molar-refractivity contribution in [1.82, 2.24) is 19.6 Å². The second-order valence-electron chi connectivity index (χ2n) is 7.50. The number of anilines is 1. The number of nitrogens with zero attached hydrogens (tertiary/aromatic N) is 4. The predicted octanol–water partition coefficient (Wildman–Crippen LogP) is 4.19. The Bertz CT molecular complexity index is 1270. The highest BCUT2D eigenvalue weighted by Crippen LogP contribution is 2.25. The average molecular weight is 449 g/mol. The lowest BCUT2D eigenvalue weighted by atomic mass is 10.0. The van der Waals surface area contributed by atoms with Crippen molar-refractivity contribution < 1.29 is 9.59 Å². The van der Waals surface area contributed by atoms with Crippen molar-refractivity contribution in [3.05, 3.63) is 89.0 Å². The van der Waals surface area contributed by atoms with Gasteiger partial charge in [0.1, 0.15) is 5.69 Å². The van der Waals surface area contributed by atoms with Gasteiger partial charge in [0.05, 0.1) is 28.8 Å². The Kier molecular flexibility index (Phi) is 5.79. The first kappa shape index (κ1) is 21.3. The van der Waals surface area contributed by atoms with Gasteiger partial charge < -0.3 is 11.1 Å². The third-order valence-electron chi connectivity index (χ3n) is 4.90. The standard InChI is InChI=1S/C23H21ClN6O2/c1-14(2)21-19(13-26-30(21)18-7-3-15(24)4-8-18)23(32)27-16-5-9-17(10-6-16)29-12-11-20(28-29)22(25)31/h3-14H,1-2H3,(H2,25,31)(H,27,32). The van der Waals surface area contributed by atoms with Crippen LogP contribution in [0.1, 0.15) is 46.3 Å². The lowest BCUT2D eigenvalue weighted by molar-refractivity contribution is 0.0992. The quantitative estimate of drug-likeness (QED) is 0.461. The van der Waals surface area contributed by atoms with E-state index in [-0.39, 0.29) is 17.5 Å². The number of hydrogen-bond donors (Lipinski definition) is 2. The number of benzene rings is 2. The Morgan fingerprint density at radius 1 is 1.00 bits per heavy atom. The monoisotopic (exact) mass is 448 g/mol. The zero-order chi connectivity index (χ0) is 22.8. The van der Waals surface area contributed by atoms with E-state index < -0.39 is 5.91 Å². The molecule has 2 heterocycles. The van der Waals surface area contributed by atoms with E-state index in [0.717, 1.165) is 17.1 Å². The summed E-state index contributed by atoms with van der Waals surface area (Å²) in [4.78, 5) is 24.2. The van der Waals surface area contributed by atoms with Crippen molar-refractivity contribution in [2.24, 2.45) is 5.73 Å². The molecule has 32 heavy (non-hydrogen) atoms. The molecule has 0 unspecified atom stereocenters. The van der Waals surface area contributed by atoms with Gasteiger partial charge in [-0.3, -0.25) is 9.59 Å². The number of nitrogens with two attached hydrogens (primary N) is 1. The number of hydrogen-bond acceptors (Lipinski definition) is 4. The van der Waals surface area contributed by atoms with E-state index in [1.165, 1.54) is 0 Å². The van der Waals surface area contributed by atoms with Gasteiger partial charge in [0.2, 0.25) is 0 Å². The number of rotatable bonds is 6. The van der Waals surface area contributed by atoms with E-state index in [1.54, 1.807) is 64.2 Å². The Morgan fingerprint density at radius 3 is 2.25 bits per heavy atom. The maximum Gasteiger partial charge on any atom is 0.269 e. The molecule has 0 saturated carbocycles. The fourth-order valence-electron chi connectivity index (χ4n) is 3.37. The fourth-order valence-corrected chi connectivity index (χ4v) is 3.50. The van der Waals surface area contributed by atoms with Crippen LogP contribution in [0.2, 0.25) is 5.02 Å². The summed E-state index contributed by atoms with van der Waals surface area (Å²) in [6.45, 7) is 4.03. The fraction of sp³-hybridized carbons (Fsp3) is 0.130. The van der Waals surface area contributed by atoms with Gasteiger partial charge in [-0.15, -0.1) is 0 Å². The molecular formula is C23H21ClN6O2. The van der Waals surface area contributed by atoms with Crippen molar-refractivity contribution in [1.29, 1.82) is 0 Å². The molecule has 0 aliphatic rings. The largest absolute Gasteiger partial charge is 0.364 e. The Hall–Kier alpha value is -3.91. The molecule has 0 radical (unpaired) electrons. The Labute approximate surface area is 189 Å². The number of aromatic nitrogens is 4. The molecule has 162 valence electrons. The minimum atomic E-state index is -0.590. The molecule has 2 amide bonds. The van der Waals surface area contributed by atoms with Crippen LogP contribution in [-0.4, -0.2) is 31.4 Å². The molecule has 0 bridgehead atoms. The summed E-state index contributed by atoms with van der Waals surface area (Å²) in [6.07, 6.45) is 3.22. The van der Waals surface area contributed by atoms with Crippen LogP contribution in [0.4, 0.5) is 5.69 Å². The summed E-state index contributed by atoms with van der Waals surface area (Å²) in [6, 6.07) is 15.9. The molecule has 0 aliphatic carbocycles. The summed E-state index contributed by atoms with van der Waals surface area (Å²) in [5.74, 6) is -0.778. The van der Waals surface area contributed by atoms with Crippen LogP contribution in [0.3, 0.4) is 0 Å². The Morgan fingerprint density at radius 2 is 1.66 bits per heavy atom. The smallest absolute Gasteiger partial charge is 0.269 e. The second-order valence-corrected chi connectivity index (χ2v) is 7.93. The predicted molar refractivity (Wildman–Crippen MR) is 123 cm³/mol. The molecule has 0 atom stereocenters. The molecular weight excluding hydrogens is 428 g/mol. The van der Waals surface area contributed by atoms with Crippen LogP contribution in [-0.2, 0) is 0 Å². The minimum absolute atomic E-state index is 0.0653. The van der Waals surface area contributed by atoms with E-state index in [9.17, 15) is 9.59 Å². The van der Waals surface area contributed by atoms with Gasteiger partial charge in [-0.1, -0.05) is 25.4 Å². The molecule has 0 saturated heterocycles.